The van der Waals surface area contributed by atoms with Crippen LogP contribution in [-0.4, -0.2) is 9.55 Å². The van der Waals surface area contributed by atoms with Crippen molar-refractivity contribution in [3.8, 4) is 5.88 Å². The molecule has 16 heavy (non-hydrogen) atoms. The van der Waals surface area contributed by atoms with E-state index in [1.165, 1.54) is 4.57 Å². The lowest BCUT2D eigenvalue weighted by Gasteiger charge is -1.96. The van der Waals surface area contributed by atoms with Crippen LogP contribution in [0.5, 0.6) is 0 Å². The fraction of sp³-hybridized carbons (Fsp3) is 0. The Labute approximate surface area is 98.6 Å². The van der Waals surface area contributed by atoms with Crippen molar-refractivity contribution in [3.63, 3.8) is 0 Å². The van der Waals surface area contributed by atoms with Crippen molar-refractivity contribution in [3.05, 3.63) is 51.6 Å². The average molecular weight is 279 g/mol. The third-order valence-corrected chi connectivity index (χ3v) is 2.80. The minimum absolute atomic E-state index is 0.206. The number of fused-ring (bicyclic) bond motifs is 1. The fourth-order valence-electron chi connectivity index (χ4n) is 1.70. The molecule has 0 aliphatic heterocycles. The van der Waals surface area contributed by atoms with Crippen molar-refractivity contribution in [2.75, 3.05) is 0 Å². The number of para-hydroxylation sites is 2. The molecule has 0 unspecified atom stereocenters. The molecule has 0 spiro atoms. The highest BCUT2D eigenvalue weighted by Crippen LogP contribution is 2.20. The lowest BCUT2D eigenvalue weighted by molar-refractivity contribution is 0.515. The Morgan fingerprint density at radius 3 is 2.75 bits per heavy atom. The number of H-pyrrole nitrogens is 1. The summed E-state index contributed by atoms with van der Waals surface area (Å²) in [7, 11) is 0. The Kier molecular flexibility index (Phi) is 2.00. The molecule has 2 heterocycles. The molecule has 1 N–H and O–H groups in total. The molecule has 80 valence electrons. The van der Waals surface area contributed by atoms with Gasteiger partial charge in [0.1, 0.15) is 0 Å². The molecule has 0 aliphatic rings. The van der Waals surface area contributed by atoms with E-state index < -0.39 is 0 Å². The van der Waals surface area contributed by atoms with Crippen LogP contribution >= 0.6 is 15.9 Å². The molecule has 2 aromatic heterocycles. The summed E-state index contributed by atoms with van der Waals surface area (Å²) in [5.74, 6) is 0.495. The number of furan rings is 1. The smallest absolute Gasteiger partial charge is 0.333 e. The third kappa shape index (κ3) is 1.32. The van der Waals surface area contributed by atoms with E-state index in [2.05, 4.69) is 20.9 Å². The molecule has 5 heteroatoms. The number of nitrogens with one attached hydrogen (secondary N) is 1. The predicted octanol–water partition coefficient (Wildman–Crippen LogP) is 2.67. The lowest BCUT2D eigenvalue weighted by Crippen LogP contribution is -2.13. The number of hydrogen-bond acceptors (Lipinski definition) is 2. The molecule has 0 saturated carbocycles. The number of imidazole rings is 1. The summed E-state index contributed by atoms with van der Waals surface area (Å²) >= 11 is 3.21. The Bertz CT molecular complexity index is 708. The Morgan fingerprint density at radius 2 is 2.00 bits per heavy atom. The van der Waals surface area contributed by atoms with Crippen LogP contribution in [0, 0.1) is 0 Å². The summed E-state index contributed by atoms with van der Waals surface area (Å²) in [5, 5.41) is 0. The van der Waals surface area contributed by atoms with E-state index in [4.69, 9.17) is 4.42 Å². The first-order chi connectivity index (χ1) is 7.75. The van der Waals surface area contributed by atoms with E-state index in [0.29, 0.717) is 10.6 Å². The number of aromatic amines is 1. The molecule has 0 bridgehead atoms. The van der Waals surface area contributed by atoms with Crippen molar-refractivity contribution in [1.82, 2.24) is 9.55 Å². The van der Waals surface area contributed by atoms with Gasteiger partial charge in [0, 0.05) is 6.07 Å². The molecule has 3 aromatic rings. The summed E-state index contributed by atoms with van der Waals surface area (Å²) in [4.78, 5) is 14.5. The van der Waals surface area contributed by atoms with Gasteiger partial charge in [-0.25, -0.2) is 9.36 Å². The molecule has 0 amide bonds. The number of halogens is 1. The number of aromatic nitrogens is 2. The zero-order valence-electron chi connectivity index (χ0n) is 8.11. The Hall–Kier alpha value is -1.75. The van der Waals surface area contributed by atoms with Crippen LogP contribution in [0.4, 0.5) is 0 Å². The van der Waals surface area contributed by atoms with Crippen molar-refractivity contribution in [2.45, 2.75) is 0 Å². The molecule has 0 aliphatic carbocycles. The number of hydrogen-bond donors (Lipinski definition) is 1. The standard InChI is InChI=1S/C11H7BrN2O2/c12-9-5-6-10(16-9)14-8-4-2-1-3-7(8)13-11(14)15/h1-6H,(H,13,15). The normalized spacial score (nSPS) is 11.1. The van der Waals surface area contributed by atoms with Crippen LogP contribution in [0.25, 0.3) is 16.9 Å². The molecular weight excluding hydrogens is 272 g/mol. The van der Waals surface area contributed by atoms with Gasteiger partial charge in [-0.1, -0.05) is 12.1 Å². The monoisotopic (exact) mass is 278 g/mol. The molecular formula is C11H7BrN2O2. The SMILES string of the molecule is O=c1[nH]c2ccccc2n1-c1ccc(Br)o1. The molecule has 3 rings (SSSR count). The van der Waals surface area contributed by atoms with Gasteiger partial charge >= 0.3 is 5.69 Å². The van der Waals surface area contributed by atoms with E-state index in [9.17, 15) is 4.79 Å². The first-order valence-corrected chi connectivity index (χ1v) is 5.50. The topological polar surface area (TPSA) is 50.9 Å². The maximum atomic E-state index is 11.8. The fourth-order valence-corrected chi connectivity index (χ4v) is 2.00. The third-order valence-electron chi connectivity index (χ3n) is 2.37. The summed E-state index contributed by atoms with van der Waals surface area (Å²) in [6.07, 6.45) is 0. The second-order valence-electron chi connectivity index (χ2n) is 3.36. The maximum absolute atomic E-state index is 11.8. The van der Waals surface area contributed by atoms with E-state index >= 15 is 0 Å². The number of rotatable bonds is 1. The van der Waals surface area contributed by atoms with Gasteiger partial charge in [-0.2, -0.15) is 0 Å². The van der Waals surface area contributed by atoms with Gasteiger partial charge in [0.15, 0.2) is 4.67 Å². The maximum Gasteiger partial charge on any atom is 0.333 e. The summed E-state index contributed by atoms with van der Waals surface area (Å²) < 4.78 is 7.47. The largest absolute Gasteiger partial charge is 0.433 e. The zero-order chi connectivity index (χ0) is 11.1. The van der Waals surface area contributed by atoms with Gasteiger partial charge < -0.3 is 9.40 Å². The van der Waals surface area contributed by atoms with Crippen molar-refractivity contribution in [1.29, 1.82) is 0 Å². The lowest BCUT2D eigenvalue weighted by atomic mass is 10.3. The first-order valence-electron chi connectivity index (χ1n) is 4.71. The van der Waals surface area contributed by atoms with Crippen LogP contribution in [0.15, 0.2) is 50.3 Å². The van der Waals surface area contributed by atoms with Crippen LogP contribution < -0.4 is 5.69 Å². The van der Waals surface area contributed by atoms with E-state index in [-0.39, 0.29) is 5.69 Å². The van der Waals surface area contributed by atoms with Crippen molar-refractivity contribution < 1.29 is 4.42 Å². The number of benzene rings is 1. The Balaban J connectivity index is 2.39. The van der Waals surface area contributed by atoms with Crippen LogP contribution in [0.1, 0.15) is 0 Å². The van der Waals surface area contributed by atoms with Crippen LogP contribution in [-0.2, 0) is 0 Å². The minimum atomic E-state index is -0.206. The van der Waals surface area contributed by atoms with Crippen LogP contribution in [0.2, 0.25) is 0 Å². The molecule has 1 aromatic carbocycles. The van der Waals surface area contributed by atoms with Gasteiger partial charge in [-0.15, -0.1) is 0 Å². The molecule has 0 radical (unpaired) electrons. The average Bonchev–Trinajstić information content (AvgIpc) is 2.80. The van der Waals surface area contributed by atoms with E-state index in [1.54, 1.807) is 12.1 Å². The highest BCUT2D eigenvalue weighted by molar-refractivity contribution is 9.10. The van der Waals surface area contributed by atoms with Gasteiger partial charge in [0.25, 0.3) is 0 Å². The molecule has 0 atom stereocenters. The van der Waals surface area contributed by atoms with E-state index in [0.717, 1.165) is 11.0 Å². The van der Waals surface area contributed by atoms with Gasteiger partial charge in [0.05, 0.1) is 11.0 Å². The highest BCUT2D eigenvalue weighted by Gasteiger charge is 2.10. The Morgan fingerprint density at radius 1 is 1.19 bits per heavy atom. The summed E-state index contributed by atoms with van der Waals surface area (Å²) in [5.41, 5.74) is 1.39. The first kappa shape index (κ1) is 9.47. The second-order valence-corrected chi connectivity index (χ2v) is 4.14. The van der Waals surface area contributed by atoms with Gasteiger partial charge in [-0.3, -0.25) is 0 Å². The van der Waals surface area contributed by atoms with Crippen molar-refractivity contribution >= 4 is 27.0 Å². The van der Waals surface area contributed by atoms with Crippen LogP contribution in [0.3, 0.4) is 0 Å². The zero-order valence-corrected chi connectivity index (χ0v) is 9.69. The highest BCUT2D eigenvalue weighted by atomic mass is 79.9. The predicted molar refractivity (Wildman–Crippen MR) is 63.9 cm³/mol. The summed E-state index contributed by atoms with van der Waals surface area (Å²) in [6, 6.07) is 11.0. The van der Waals surface area contributed by atoms with E-state index in [1.807, 2.05) is 24.3 Å². The minimum Gasteiger partial charge on any atom is -0.433 e. The summed E-state index contributed by atoms with van der Waals surface area (Å²) in [6.45, 7) is 0. The van der Waals surface area contributed by atoms with Gasteiger partial charge in [0.2, 0.25) is 5.88 Å². The molecule has 0 saturated heterocycles. The van der Waals surface area contributed by atoms with Gasteiger partial charge in [-0.05, 0) is 34.1 Å². The number of nitrogens with zero attached hydrogens (tertiary/aromatic N) is 1. The molecule has 4 nitrogen and oxygen atoms in total. The second kappa shape index (κ2) is 3.38. The van der Waals surface area contributed by atoms with Crippen molar-refractivity contribution in [2.24, 2.45) is 0 Å². The molecule has 0 fully saturated rings. The quantitative estimate of drug-likeness (QED) is 0.744.